The number of halogens is 1. The lowest BCUT2D eigenvalue weighted by Gasteiger charge is -2.29. The molecule has 1 heterocycles. The molecule has 1 amide bonds. The van der Waals surface area contributed by atoms with Crippen LogP contribution >= 0.6 is 0 Å². The van der Waals surface area contributed by atoms with E-state index in [9.17, 15) is 14.3 Å². The van der Waals surface area contributed by atoms with Gasteiger partial charge in [-0.2, -0.15) is 0 Å². The van der Waals surface area contributed by atoms with Gasteiger partial charge in [-0.1, -0.05) is 19.9 Å². The Hall–Kier alpha value is -1.95. The second kappa shape index (κ2) is 7.55. The number of carbonyl (C=O) groups is 1. The van der Waals surface area contributed by atoms with Gasteiger partial charge in [-0.15, -0.1) is 0 Å². The highest BCUT2D eigenvalue weighted by Gasteiger charge is 2.25. The van der Waals surface area contributed by atoms with Crippen molar-refractivity contribution in [1.82, 2.24) is 15.3 Å². The molecular weight excluding hydrogens is 297 g/mol. The Kier molecular flexibility index (Phi) is 5.71. The van der Waals surface area contributed by atoms with Crippen molar-refractivity contribution in [2.75, 3.05) is 13.2 Å². The minimum atomic E-state index is -0.368. The third-order valence-corrected chi connectivity index (χ3v) is 4.60. The zero-order valence-electron chi connectivity index (χ0n) is 13.7. The van der Waals surface area contributed by atoms with Crippen molar-refractivity contribution in [3.05, 3.63) is 29.8 Å². The molecule has 23 heavy (non-hydrogen) atoms. The van der Waals surface area contributed by atoms with Gasteiger partial charge in [-0.05, 0) is 25.0 Å². The van der Waals surface area contributed by atoms with E-state index in [1.54, 1.807) is 12.1 Å². The monoisotopic (exact) mass is 321 g/mol. The van der Waals surface area contributed by atoms with Gasteiger partial charge in [-0.25, -0.2) is 9.37 Å². The Labute approximate surface area is 135 Å². The number of carbonyl (C=O) groups excluding carboxylic acids is 1. The second-order valence-electron chi connectivity index (χ2n) is 5.96. The first-order chi connectivity index (χ1) is 11.0. The summed E-state index contributed by atoms with van der Waals surface area (Å²) in [6.45, 7) is 4.54. The van der Waals surface area contributed by atoms with Gasteiger partial charge in [0.05, 0.1) is 12.1 Å². The van der Waals surface area contributed by atoms with E-state index in [1.807, 2.05) is 13.8 Å². The number of imidazole rings is 1. The van der Waals surface area contributed by atoms with Crippen molar-refractivity contribution < 1.29 is 14.3 Å². The number of nitrogens with one attached hydrogen (secondary N) is 2. The van der Waals surface area contributed by atoms with Gasteiger partial charge in [-0.3, -0.25) is 4.79 Å². The van der Waals surface area contributed by atoms with Gasteiger partial charge in [0.25, 0.3) is 0 Å². The number of aromatic amines is 1. The lowest BCUT2D eigenvalue weighted by Crippen LogP contribution is -2.39. The number of hydrogen-bond acceptors (Lipinski definition) is 3. The van der Waals surface area contributed by atoms with Crippen molar-refractivity contribution in [1.29, 1.82) is 0 Å². The molecule has 1 aromatic heterocycles. The first-order valence-electron chi connectivity index (χ1n) is 8.04. The van der Waals surface area contributed by atoms with Crippen LogP contribution in [0.5, 0.6) is 0 Å². The van der Waals surface area contributed by atoms with Crippen LogP contribution in [0.15, 0.2) is 18.2 Å². The molecule has 0 radical (unpaired) electrons. The largest absolute Gasteiger partial charge is 0.396 e. The lowest BCUT2D eigenvalue weighted by molar-refractivity contribution is -0.121. The van der Waals surface area contributed by atoms with E-state index in [2.05, 4.69) is 15.3 Å². The van der Waals surface area contributed by atoms with Gasteiger partial charge in [0, 0.05) is 24.8 Å². The van der Waals surface area contributed by atoms with Crippen LogP contribution in [-0.4, -0.2) is 34.1 Å². The maximum atomic E-state index is 13.6. The second-order valence-corrected chi connectivity index (χ2v) is 5.96. The summed E-state index contributed by atoms with van der Waals surface area (Å²) >= 11 is 0. The van der Waals surface area contributed by atoms with Crippen LogP contribution in [0, 0.1) is 11.2 Å². The Bertz CT molecular complexity index is 657. The van der Waals surface area contributed by atoms with Gasteiger partial charge in [0.1, 0.15) is 11.3 Å². The Morgan fingerprint density at radius 2 is 2.13 bits per heavy atom. The predicted octanol–water partition coefficient (Wildman–Crippen LogP) is 2.55. The number of aliphatic hydroxyl groups excluding tert-OH is 1. The Balaban J connectivity index is 1.89. The summed E-state index contributed by atoms with van der Waals surface area (Å²) in [4.78, 5) is 19.2. The topological polar surface area (TPSA) is 78.0 Å². The molecule has 0 spiro atoms. The number of para-hydroxylation sites is 1. The van der Waals surface area contributed by atoms with E-state index < -0.39 is 0 Å². The summed E-state index contributed by atoms with van der Waals surface area (Å²) < 4.78 is 13.6. The van der Waals surface area contributed by atoms with Gasteiger partial charge in [0.2, 0.25) is 5.91 Å². The fourth-order valence-corrected chi connectivity index (χ4v) is 2.55. The molecule has 2 aromatic rings. The first kappa shape index (κ1) is 17.4. The minimum absolute atomic E-state index is 0.0587. The molecule has 1 aromatic carbocycles. The Morgan fingerprint density at radius 1 is 1.39 bits per heavy atom. The van der Waals surface area contributed by atoms with Crippen molar-refractivity contribution >= 4 is 16.9 Å². The molecule has 6 heteroatoms. The molecular formula is C17H24FN3O2. The minimum Gasteiger partial charge on any atom is -0.396 e. The normalized spacial score (nSPS) is 11.8. The summed E-state index contributed by atoms with van der Waals surface area (Å²) in [5, 5.41) is 12.4. The summed E-state index contributed by atoms with van der Waals surface area (Å²) in [5.41, 5.74) is 0.689. The standard InChI is InChI=1S/C17H24FN3O2/c1-3-17(4-2,11-22)10-19-15(23)9-8-14-20-13-7-5-6-12(18)16(13)21-14/h5-7,22H,3-4,8-11H2,1-2H3,(H,19,23)(H,20,21). The van der Waals surface area contributed by atoms with Gasteiger partial charge in [0.15, 0.2) is 5.82 Å². The van der Waals surface area contributed by atoms with E-state index in [1.165, 1.54) is 6.07 Å². The molecule has 0 bridgehead atoms. The van der Waals surface area contributed by atoms with E-state index in [-0.39, 0.29) is 30.2 Å². The highest BCUT2D eigenvalue weighted by Crippen LogP contribution is 2.24. The number of benzene rings is 1. The predicted molar refractivity (Wildman–Crippen MR) is 87.5 cm³/mol. The van der Waals surface area contributed by atoms with Crippen molar-refractivity contribution in [3.8, 4) is 0 Å². The summed E-state index contributed by atoms with van der Waals surface area (Å²) in [6.07, 6.45) is 2.31. The average molecular weight is 321 g/mol. The van der Waals surface area contributed by atoms with Crippen LogP contribution in [0.2, 0.25) is 0 Å². The lowest BCUT2D eigenvalue weighted by atomic mass is 9.83. The fourth-order valence-electron chi connectivity index (χ4n) is 2.55. The third kappa shape index (κ3) is 4.07. The van der Waals surface area contributed by atoms with Crippen LogP contribution in [0.1, 0.15) is 38.9 Å². The molecule has 126 valence electrons. The quantitative estimate of drug-likeness (QED) is 0.699. The fraction of sp³-hybridized carbons (Fsp3) is 0.529. The molecule has 0 aliphatic carbocycles. The molecule has 2 rings (SSSR count). The molecule has 0 aliphatic rings. The zero-order chi connectivity index (χ0) is 16.9. The molecule has 0 atom stereocenters. The van der Waals surface area contributed by atoms with E-state index in [4.69, 9.17) is 0 Å². The maximum Gasteiger partial charge on any atom is 0.220 e. The van der Waals surface area contributed by atoms with E-state index >= 15 is 0 Å². The van der Waals surface area contributed by atoms with Crippen LogP contribution in [0.25, 0.3) is 11.0 Å². The number of amides is 1. The van der Waals surface area contributed by atoms with Crippen molar-refractivity contribution in [2.24, 2.45) is 5.41 Å². The molecule has 0 saturated heterocycles. The number of aliphatic hydroxyl groups is 1. The van der Waals surface area contributed by atoms with E-state index in [0.717, 1.165) is 12.8 Å². The molecule has 0 saturated carbocycles. The number of aryl methyl sites for hydroxylation is 1. The number of H-pyrrole nitrogens is 1. The SMILES string of the molecule is CCC(CC)(CO)CNC(=O)CCc1nc2c(F)cccc2[nH]1. The summed E-state index contributed by atoms with van der Waals surface area (Å²) in [6, 6.07) is 4.74. The van der Waals surface area contributed by atoms with Gasteiger partial charge < -0.3 is 15.4 Å². The van der Waals surface area contributed by atoms with Crippen molar-refractivity contribution in [2.45, 2.75) is 39.5 Å². The average Bonchev–Trinajstić information content (AvgIpc) is 2.99. The third-order valence-electron chi connectivity index (χ3n) is 4.60. The maximum absolute atomic E-state index is 13.6. The molecule has 0 fully saturated rings. The van der Waals surface area contributed by atoms with Crippen LogP contribution in [0.4, 0.5) is 4.39 Å². The number of fused-ring (bicyclic) bond motifs is 1. The first-order valence-corrected chi connectivity index (χ1v) is 8.04. The molecule has 0 unspecified atom stereocenters. The zero-order valence-corrected chi connectivity index (χ0v) is 13.7. The van der Waals surface area contributed by atoms with Crippen molar-refractivity contribution in [3.63, 3.8) is 0 Å². The molecule has 3 N–H and O–H groups in total. The van der Waals surface area contributed by atoms with Crippen LogP contribution in [-0.2, 0) is 11.2 Å². The molecule has 5 nitrogen and oxygen atoms in total. The van der Waals surface area contributed by atoms with Gasteiger partial charge >= 0.3 is 0 Å². The smallest absolute Gasteiger partial charge is 0.220 e. The number of nitrogens with zero attached hydrogens (tertiary/aromatic N) is 1. The van der Waals surface area contributed by atoms with Crippen LogP contribution in [0.3, 0.4) is 0 Å². The van der Waals surface area contributed by atoms with E-state index in [0.29, 0.717) is 29.8 Å². The number of aromatic nitrogens is 2. The highest BCUT2D eigenvalue weighted by atomic mass is 19.1. The summed E-state index contributed by atoms with van der Waals surface area (Å²) in [7, 11) is 0. The number of hydrogen-bond donors (Lipinski definition) is 3. The molecule has 0 aliphatic heterocycles. The summed E-state index contributed by atoms with van der Waals surface area (Å²) in [5.74, 6) is 0.137. The van der Waals surface area contributed by atoms with Crippen LogP contribution < -0.4 is 5.32 Å². The highest BCUT2D eigenvalue weighted by molar-refractivity contribution is 5.77. The Morgan fingerprint density at radius 3 is 2.74 bits per heavy atom. The number of rotatable bonds is 8.